The zero-order valence-corrected chi connectivity index (χ0v) is 12.3. The minimum absolute atomic E-state index is 0.894. The van der Waals surface area contributed by atoms with Crippen LogP contribution in [0.25, 0.3) is 0 Å². The molecule has 0 saturated heterocycles. The lowest BCUT2D eigenvalue weighted by atomic mass is 10.1. The van der Waals surface area contributed by atoms with Gasteiger partial charge in [-0.3, -0.25) is 4.98 Å². The number of aromatic nitrogens is 1. The van der Waals surface area contributed by atoms with Crippen LogP contribution in [0.1, 0.15) is 24.5 Å². The van der Waals surface area contributed by atoms with Crippen molar-refractivity contribution in [3.8, 4) is 0 Å². The predicted octanol–water partition coefficient (Wildman–Crippen LogP) is 3.22. The molecule has 0 fully saturated rings. The van der Waals surface area contributed by atoms with Gasteiger partial charge < -0.3 is 10.2 Å². The molecule has 0 bridgehead atoms. The van der Waals surface area contributed by atoms with Gasteiger partial charge in [-0.25, -0.2) is 0 Å². The molecule has 0 aliphatic carbocycles. The summed E-state index contributed by atoms with van der Waals surface area (Å²) in [5.41, 5.74) is 3.80. The summed E-state index contributed by atoms with van der Waals surface area (Å²) in [5, 5.41) is 3.46. The molecule has 0 spiro atoms. The minimum Gasteiger partial charge on any atom is -0.369 e. The van der Waals surface area contributed by atoms with Crippen molar-refractivity contribution in [1.82, 2.24) is 10.3 Å². The first-order valence-corrected chi connectivity index (χ1v) is 7.20. The molecule has 106 valence electrons. The topological polar surface area (TPSA) is 28.2 Å². The van der Waals surface area contributed by atoms with Crippen molar-refractivity contribution in [2.45, 2.75) is 26.4 Å². The second-order valence-corrected chi connectivity index (χ2v) is 5.02. The molecule has 0 aliphatic rings. The quantitative estimate of drug-likeness (QED) is 0.782. The van der Waals surface area contributed by atoms with Crippen LogP contribution in [-0.4, -0.2) is 18.6 Å². The first-order valence-electron chi connectivity index (χ1n) is 7.20. The van der Waals surface area contributed by atoms with Crippen LogP contribution in [0.3, 0.4) is 0 Å². The molecule has 0 aliphatic heterocycles. The number of nitrogens with one attached hydrogen (secondary N) is 1. The summed E-state index contributed by atoms with van der Waals surface area (Å²) in [6.07, 6.45) is 4.97. The summed E-state index contributed by atoms with van der Waals surface area (Å²) < 4.78 is 0. The first kappa shape index (κ1) is 14.5. The molecule has 2 aromatic rings. The highest BCUT2D eigenvalue weighted by Gasteiger charge is 2.07. The highest BCUT2D eigenvalue weighted by molar-refractivity contribution is 5.51. The number of pyridine rings is 1. The maximum atomic E-state index is 4.27. The average molecular weight is 269 g/mol. The molecule has 1 N–H and O–H groups in total. The molecule has 1 aromatic carbocycles. The Hall–Kier alpha value is -1.87. The van der Waals surface area contributed by atoms with Gasteiger partial charge in [0, 0.05) is 26.3 Å². The highest BCUT2D eigenvalue weighted by atomic mass is 15.1. The first-order chi connectivity index (χ1) is 9.81. The monoisotopic (exact) mass is 269 g/mol. The lowest BCUT2D eigenvalue weighted by Crippen LogP contribution is -2.21. The Balaban J connectivity index is 2.07. The third kappa shape index (κ3) is 4.07. The molecule has 1 heterocycles. The van der Waals surface area contributed by atoms with Gasteiger partial charge in [0.1, 0.15) is 0 Å². The maximum Gasteiger partial charge on any atom is 0.0598 e. The van der Waals surface area contributed by atoms with Gasteiger partial charge in [0.15, 0.2) is 0 Å². The molecular weight excluding hydrogens is 246 g/mol. The molecule has 3 nitrogen and oxygen atoms in total. The van der Waals surface area contributed by atoms with Crippen molar-refractivity contribution in [3.63, 3.8) is 0 Å². The van der Waals surface area contributed by atoms with E-state index in [0.717, 1.165) is 26.1 Å². The van der Waals surface area contributed by atoms with Gasteiger partial charge in [0.05, 0.1) is 11.9 Å². The molecule has 0 atom stereocenters. The van der Waals surface area contributed by atoms with E-state index in [2.05, 4.69) is 59.5 Å². The molecular formula is C17H23N3. The summed E-state index contributed by atoms with van der Waals surface area (Å²) >= 11 is 0. The fraction of sp³-hybridized carbons (Fsp3) is 0.353. The number of rotatable bonds is 7. The van der Waals surface area contributed by atoms with Crippen molar-refractivity contribution in [3.05, 3.63) is 59.9 Å². The summed E-state index contributed by atoms with van der Waals surface area (Å²) in [4.78, 5) is 6.52. The Morgan fingerprint density at radius 3 is 2.70 bits per heavy atom. The van der Waals surface area contributed by atoms with Crippen LogP contribution >= 0.6 is 0 Å². The van der Waals surface area contributed by atoms with Gasteiger partial charge in [0.2, 0.25) is 0 Å². The summed E-state index contributed by atoms with van der Waals surface area (Å²) in [7, 11) is 2.12. The number of anilines is 1. The SMILES string of the molecule is CCCNCc1ccncc1N(C)Cc1ccccc1. The van der Waals surface area contributed by atoms with Gasteiger partial charge in [-0.2, -0.15) is 0 Å². The Labute approximate surface area is 121 Å². The Morgan fingerprint density at radius 2 is 1.95 bits per heavy atom. The van der Waals surface area contributed by atoms with Crippen molar-refractivity contribution in [1.29, 1.82) is 0 Å². The molecule has 0 amide bonds. The Bertz CT molecular complexity index is 511. The van der Waals surface area contributed by atoms with E-state index in [1.54, 1.807) is 0 Å². The van der Waals surface area contributed by atoms with Crippen molar-refractivity contribution < 1.29 is 0 Å². The number of nitrogens with zero attached hydrogens (tertiary/aromatic N) is 2. The van der Waals surface area contributed by atoms with E-state index >= 15 is 0 Å². The van der Waals surface area contributed by atoms with Gasteiger partial charge in [0.25, 0.3) is 0 Å². The predicted molar refractivity (Wildman–Crippen MR) is 84.8 cm³/mol. The van der Waals surface area contributed by atoms with Gasteiger partial charge in [-0.1, -0.05) is 37.3 Å². The van der Waals surface area contributed by atoms with Gasteiger partial charge in [-0.15, -0.1) is 0 Å². The fourth-order valence-corrected chi connectivity index (χ4v) is 2.25. The van der Waals surface area contributed by atoms with Crippen LogP contribution in [0.5, 0.6) is 0 Å². The second-order valence-electron chi connectivity index (χ2n) is 5.02. The summed E-state index contributed by atoms with van der Waals surface area (Å²) in [6, 6.07) is 12.6. The zero-order valence-electron chi connectivity index (χ0n) is 12.3. The molecule has 20 heavy (non-hydrogen) atoms. The normalized spacial score (nSPS) is 10.5. The molecule has 1 aromatic heterocycles. The van der Waals surface area contributed by atoms with E-state index in [1.807, 2.05) is 18.5 Å². The van der Waals surface area contributed by atoms with Crippen LogP contribution < -0.4 is 10.2 Å². The smallest absolute Gasteiger partial charge is 0.0598 e. The maximum absolute atomic E-state index is 4.27. The summed E-state index contributed by atoms with van der Waals surface area (Å²) in [6.45, 7) is 5.02. The van der Waals surface area contributed by atoms with E-state index in [-0.39, 0.29) is 0 Å². The Kier molecular flexibility index (Phi) is 5.56. The van der Waals surface area contributed by atoms with E-state index in [1.165, 1.54) is 16.8 Å². The minimum atomic E-state index is 0.894. The number of hydrogen-bond donors (Lipinski definition) is 1. The standard InChI is InChI=1S/C17H23N3/c1-3-10-18-12-16-9-11-19-13-17(16)20(2)14-15-7-5-4-6-8-15/h4-9,11,13,18H,3,10,12,14H2,1-2H3. The van der Waals surface area contributed by atoms with E-state index < -0.39 is 0 Å². The molecule has 0 saturated carbocycles. The third-order valence-electron chi connectivity index (χ3n) is 3.30. The molecule has 0 unspecified atom stereocenters. The van der Waals surface area contributed by atoms with Gasteiger partial charge >= 0.3 is 0 Å². The van der Waals surface area contributed by atoms with Crippen LogP contribution in [0.15, 0.2) is 48.8 Å². The van der Waals surface area contributed by atoms with Crippen molar-refractivity contribution >= 4 is 5.69 Å². The van der Waals surface area contributed by atoms with Crippen LogP contribution in [0.2, 0.25) is 0 Å². The number of benzene rings is 1. The van der Waals surface area contributed by atoms with Crippen LogP contribution in [0.4, 0.5) is 5.69 Å². The largest absolute Gasteiger partial charge is 0.369 e. The average Bonchev–Trinajstić information content (AvgIpc) is 2.49. The third-order valence-corrected chi connectivity index (χ3v) is 3.30. The Morgan fingerprint density at radius 1 is 1.15 bits per heavy atom. The van der Waals surface area contributed by atoms with Crippen molar-refractivity contribution in [2.75, 3.05) is 18.5 Å². The van der Waals surface area contributed by atoms with E-state index in [9.17, 15) is 0 Å². The lowest BCUT2D eigenvalue weighted by Gasteiger charge is -2.22. The van der Waals surface area contributed by atoms with E-state index in [0.29, 0.717) is 0 Å². The molecule has 2 rings (SSSR count). The summed E-state index contributed by atoms with van der Waals surface area (Å²) in [5.74, 6) is 0. The second kappa shape index (κ2) is 7.65. The van der Waals surface area contributed by atoms with E-state index in [4.69, 9.17) is 0 Å². The van der Waals surface area contributed by atoms with Crippen molar-refractivity contribution in [2.24, 2.45) is 0 Å². The number of hydrogen-bond acceptors (Lipinski definition) is 3. The fourth-order valence-electron chi connectivity index (χ4n) is 2.25. The highest BCUT2D eigenvalue weighted by Crippen LogP contribution is 2.19. The van der Waals surface area contributed by atoms with Crippen LogP contribution in [0, 0.1) is 0 Å². The molecule has 0 radical (unpaired) electrons. The van der Waals surface area contributed by atoms with Gasteiger partial charge in [-0.05, 0) is 30.2 Å². The van der Waals surface area contributed by atoms with Crippen LogP contribution in [-0.2, 0) is 13.1 Å². The molecule has 3 heteroatoms. The lowest BCUT2D eigenvalue weighted by molar-refractivity contribution is 0.673. The zero-order chi connectivity index (χ0) is 14.2.